The lowest BCUT2D eigenvalue weighted by Crippen LogP contribution is -2.59. The molecule has 1 aliphatic rings. The highest BCUT2D eigenvalue weighted by molar-refractivity contribution is 6.48. The SMILES string of the molecule is C[SiH](C)OC[C@@]1(NCc2ccccc2)CCC[C@@H](C(C)(C)C)[C@@H]1c1ccccc1. The summed E-state index contributed by atoms with van der Waals surface area (Å²) in [7, 11) is -1.11. The van der Waals surface area contributed by atoms with Gasteiger partial charge in [0.25, 0.3) is 0 Å². The van der Waals surface area contributed by atoms with Gasteiger partial charge in [0, 0.05) is 18.0 Å². The van der Waals surface area contributed by atoms with Crippen molar-refractivity contribution in [2.75, 3.05) is 6.61 Å². The molecule has 3 heteroatoms. The Bertz CT molecular complexity index is 740. The fourth-order valence-electron chi connectivity index (χ4n) is 5.09. The summed E-state index contributed by atoms with van der Waals surface area (Å²) in [6, 6.07) is 22.0. The number of hydrogen-bond acceptors (Lipinski definition) is 2. The normalized spacial score (nSPS) is 25.3. The van der Waals surface area contributed by atoms with E-state index in [0.717, 1.165) is 13.2 Å². The van der Waals surface area contributed by atoms with Crippen LogP contribution in [0, 0.1) is 11.3 Å². The van der Waals surface area contributed by atoms with Crippen molar-refractivity contribution in [3.8, 4) is 0 Å². The van der Waals surface area contributed by atoms with E-state index in [9.17, 15) is 0 Å². The summed E-state index contributed by atoms with van der Waals surface area (Å²) in [5.41, 5.74) is 3.04. The van der Waals surface area contributed by atoms with Gasteiger partial charge < -0.3 is 9.74 Å². The maximum absolute atomic E-state index is 6.46. The molecule has 0 bridgehead atoms. The molecule has 29 heavy (non-hydrogen) atoms. The molecule has 158 valence electrons. The molecule has 0 aromatic heterocycles. The van der Waals surface area contributed by atoms with Gasteiger partial charge in [-0.25, -0.2) is 0 Å². The second kappa shape index (κ2) is 9.59. The molecule has 0 aliphatic heterocycles. The van der Waals surface area contributed by atoms with Crippen molar-refractivity contribution in [2.45, 2.75) is 71.1 Å². The van der Waals surface area contributed by atoms with E-state index in [0.29, 0.717) is 11.8 Å². The van der Waals surface area contributed by atoms with Gasteiger partial charge in [-0.3, -0.25) is 0 Å². The van der Waals surface area contributed by atoms with E-state index in [-0.39, 0.29) is 11.0 Å². The van der Waals surface area contributed by atoms with Gasteiger partial charge in [-0.2, -0.15) is 0 Å². The Balaban J connectivity index is 2.00. The second-order valence-corrected chi connectivity index (χ2v) is 12.5. The summed E-state index contributed by atoms with van der Waals surface area (Å²) >= 11 is 0. The van der Waals surface area contributed by atoms with Crippen LogP contribution in [0.4, 0.5) is 0 Å². The summed E-state index contributed by atoms with van der Waals surface area (Å²) in [6.45, 7) is 13.5. The van der Waals surface area contributed by atoms with Gasteiger partial charge in [-0.15, -0.1) is 0 Å². The van der Waals surface area contributed by atoms with Crippen molar-refractivity contribution in [1.82, 2.24) is 5.32 Å². The smallest absolute Gasteiger partial charge is 0.170 e. The largest absolute Gasteiger partial charge is 0.419 e. The lowest BCUT2D eigenvalue weighted by molar-refractivity contribution is 0.0340. The highest BCUT2D eigenvalue weighted by Crippen LogP contribution is 2.51. The lowest BCUT2D eigenvalue weighted by atomic mass is 9.57. The van der Waals surface area contributed by atoms with Crippen LogP contribution in [-0.2, 0) is 11.0 Å². The molecule has 2 aromatic rings. The predicted octanol–water partition coefficient (Wildman–Crippen LogP) is 6.15. The van der Waals surface area contributed by atoms with Crippen molar-refractivity contribution in [3.63, 3.8) is 0 Å². The van der Waals surface area contributed by atoms with Crippen LogP contribution in [-0.4, -0.2) is 21.2 Å². The third kappa shape index (κ3) is 5.59. The molecule has 0 unspecified atom stereocenters. The molecule has 2 aromatic carbocycles. The van der Waals surface area contributed by atoms with Crippen LogP contribution >= 0.6 is 0 Å². The number of rotatable bonds is 7. The predicted molar refractivity (Wildman–Crippen MR) is 127 cm³/mol. The van der Waals surface area contributed by atoms with Crippen LogP contribution in [0.1, 0.15) is 57.1 Å². The van der Waals surface area contributed by atoms with Crippen molar-refractivity contribution >= 4 is 9.04 Å². The van der Waals surface area contributed by atoms with Gasteiger partial charge in [0.2, 0.25) is 0 Å². The van der Waals surface area contributed by atoms with Crippen LogP contribution in [0.3, 0.4) is 0 Å². The Kier molecular flexibility index (Phi) is 7.36. The van der Waals surface area contributed by atoms with E-state index >= 15 is 0 Å². The molecule has 1 saturated carbocycles. The second-order valence-electron chi connectivity index (χ2n) is 10.1. The highest BCUT2D eigenvalue weighted by atomic mass is 28.3. The molecule has 1 aliphatic carbocycles. The van der Waals surface area contributed by atoms with E-state index in [1.165, 1.54) is 30.4 Å². The highest BCUT2D eigenvalue weighted by Gasteiger charge is 2.49. The van der Waals surface area contributed by atoms with Crippen LogP contribution in [0.15, 0.2) is 60.7 Å². The molecule has 1 N–H and O–H groups in total. The minimum absolute atomic E-state index is 0.0232. The van der Waals surface area contributed by atoms with Gasteiger partial charge >= 0.3 is 0 Å². The zero-order chi connectivity index (χ0) is 20.9. The Morgan fingerprint density at radius 2 is 1.62 bits per heavy atom. The molecular formula is C26H39NOSi. The fraction of sp³-hybridized carbons (Fsp3) is 0.538. The molecule has 3 rings (SSSR count). The maximum atomic E-state index is 6.46. The molecule has 1 fully saturated rings. The first-order valence-electron chi connectivity index (χ1n) is 11.3. The van der Waals surface area contributed by atoms with E-state index in [4.69, 9.17) is 4.43 Å². The minimum atomic E-state index is -1.11. The Morgan fingerprint density at radius 1 is 1.00 bits per heavy atom. The zero-order valence-electron chi connectivity index (χ0n) is 18.9. The maximum Gasteiger partial charge on any atom is 0.170 e. The van der Waals surface area contributed by atoms with E-state index < -0.39 is 9.04 Å². The molecule has 0 amide bonds. The molecular weight excluding hydrogens is 370 g/mol. The molecule has 0 spiro atoms. The average Bonchev–Trinajstić information content (AvgIpc) is 2.71. The quantitative estimate of drug-likeness (QED) is 0.554. The summed E-state index contributed by atoms with van der Waals surface area (Å²) < 4.78 is 6.46. The van der Waals surface area contributed by atoms with Gasteiger partial charge in [-0.1, -0.05) is 87.9 Å². The van der Waals surface area contributed by atoms with Gasteiger partial charge in [-0.05, 0) is 48.4 Å². The third-order valence-electron chi connectivity index (χ3n) is 6.57. The van der Waals surface area contributed by atoms with E-state index in [2.05, 4.69) is 99.8 Å². The molecule has 3 atom stereocenters. The molecule has 0 radical (unpaired) electrons. The first kappa shape index (κ1) is 22.3. The fourth-order valence-corrected chi connectivity index (χ4v) is 5.72. The van der Waals surface area contributed by atoms with Gasteiger partial charge in [0.15, 0.2) is 9.04 Å². The molecule has 0 heterocycles. The lowest BCUT2D eigenvalue weighted by Gasteiger charge is -2.53. The van der Waals surface area contributed by atoms with Crippen LogP contribution in [0.25, 0.3) is 0 Å². The van der Waals surface area contributed by atoms with Crippen LogP contribution in [0.2, 0.25) is 13.1 Å². The summed E-state index contributed by atoms with van der Waals surface area (Å²) in [4.78, 5) is 0. The van der Waals surface area contributed by atoms with Gasteiger partial charge in [0.05, 0.1) is 6.61 Å². The van der Waals surface area contributed by atoms with Crippen LogP contribution < -0.4 is 5.32 Å². The van der Waals surface area contributed by atoms with Crippen molar-refractivity contribution in [3.05, 3.63) is 71.8 Å². The monoisotopic (exact) mass is 409 g/mol. The standard InChI is InChI=1S/C26H39NOSi/c1-25(2,3)23-17-12-18-26(20-28-29(4)5,24(23)22-15-10-7-11-16-22)27-19-21-13-8-6-9-14-21/h6-11,13-16,23-24,27,29H,12,17-20H2,1-5H3/t23-,24+,26+/m1/s1. The summed E-state index contributed by atoms with van der Waals surface area (Å²) in [5, 5.41) is 4.05. The first-order valence-corrected chi connectivity index (χ1v) is 14.1. The number of hydrogen-bond donors (Lipinski definition) is 1. The first-order chi connectivity index (χ1) is 13.8. The Hall–Kier alpha value is -1.42. The van der Waals surface area contributed by atoms with Crippen LogP contribution in [0.5, 0.6) is 0 Å². The number of nitrogens with one attached hydrogen (secondary N) is 1. The third-order valence-corrected chi connectivity index (χ3v) is 7.40. The van der Waals surface area contributed by atoms with Gasteiger partial charge in [0.1, 0.15) is 0 Å². The average molecular weight is 410 g/mol. The Labute approximate surface area is 179 Å². The topological polar surface area (TPSA) is 21.3 Å². The van der Waals surface area contributed by atoms with Crippen molar-refractivity contribution in [2.24, 2.45) is 11.3 Å². The zero-order valence-corrected chi connectivity index (χ0v) is 20.1. The van der Waals surface area contributed by atoms with E-state index in [1.54, 1.807) is 0 Å². The molecule has 0 saturated heterocycles. The molecule has 2 nitrogen and oxygen atoms in total. The summed E-state index contributed by atoms with van der Waals surface area (Å²) in [6.07, 6.45) is 3.72. The van der Waals surface area contributed by atoms with Crippen molar-refractivity contribution in [1.29, 1.82) is 0 Å². The van der Waals surface area contributed by atoms with E-state index in [1.807, 2.05) is 0 Å². The Morgan fingerprint density at radius 3 is 2.21 bits per heavy atom. The van der Waals surface area contributed by atoms with Crippen molar-refractivity contribution < 1.29 is 4.43 Å². The number of benzene rings is 2. The summed E-state index contributed by atoms with van der Waals surface area (Å²) in [5.74, 6) is 1.08. The minimum Gasteiger partial charge on any atom is -0.419 e.